The minimum atomic E-state index is -0.0833. The predicted molar refractivity (Wildman–Crippen MR) is 95.9 cm³/mol. The van der Waals surface area contributed by atoms with Gasteiger partial charge in [-0.1, -0.05) is 6.07 Å². The number of hydrogen-bond donors (Lipinski definition) is 1. The van der Waals surface area contributed by atoms with Crippen molar-refractivity contribution in [1.29, 1.82) is 0 Å². The Balaban J connectivity index is 1.42. The zero-order chi connectivity index (χ0) is 17.5. The van der Waals surface area contributed by atoms with E-state index in [1.54, 1.807) is 6.20 Å². The van der Waals surface area contributed by atoms with Gasteiger partial charge in [-0.2, -0.15) is 0 Å². The molecule has 6 nitrogen and oxygen atoms in total. The van der Waals surface area contributed by atoms with E-state index in [0.29, 0.717) is 32.5 Å². The zero-order valence-electron chi connectivity index (χ0n) is 14.8. The molecule has 1 aromatic rings. The SMILES string of the molecule is O=C(NCCN1CCCC1)[C@@H]1CCC(=O)N(CCc2ccccn2)C1. The van der Waals surface area contributed by atoms with Crippen LogP contribution in [0.3, 0.4) is 0 Å². The molecule has 0 saturated carbocycles. The van der Waals surface area contributed by atoms with Gasteiger partial charge in [0.15, 0.2) is 0 Å². The second kappa shape index (κ2) is 8.94. The number of amides is 2. The summed E-state index contributed by atoms with van der Waals surface area (Å²) in [4.78, 5) is 33.1. The van der Waals surface area contributed by atoms with Crippen LogP contribution in [0.2, 0.25) is 0 Å². The molecule has 1 atom stereocenters. The van der Waals surface area contributed by atoms with Crippen LogP contribution in [0.25, 0.3) is 0 Å². The Kier molecular flexibility index (Phi) is 6.39. The Bertz CT molecular complexity index is 572. The maximum Gasteiger partial charge on any atom is 0.224 e. The fraction of sp³-hybridized carbons (Fsp3) is 0.632. The maximum absolute atomic E-state index is 12.4. The lowest BCUT2D eigenvalue weighted by Gasteiger charge is -2.32. The van der Waals surface area contributed by atoms with Gasteiger partial charge in [0.25, 0.3) is 0 Å². The number of piperidine rings is 1. The second-order valence-corrected chi connectivity index (χ2v) is 6.99. The fourth-order valence-corrected chi connectivity index (χ4v) is 3.63. The summed E-state index contributed by atoms with van der Waals surface area (Å²) in [6, 6.07) is 5.81. The van der Waals surface area contributed by atoms with Crippen molar-refractivity contribution in [2.45, 2.75) is 32.1 Å². The molecule has 3 heterocycles. The van der Waals surface area contributed by atoms with Gasteiger partial charge in [0.2, 0.25) is 11.8 Å². The molecule has 2 saturated heterocycles. The summed E-state index contributed by atoms with van der Waals surface area (Å²) in [5.41, 5.74) is 0.979. The van der Waals surface area contributed by atoms with Gasteiger partial charge >= 0.3 is 0 Å². The van der Waals surface area contributed by atoms with Crippen LogP contribution in [0.5, 0.6) is 0 Å². The van der Waals surface area contributed by atoms with Crippen LogP contribution >= 0.6 is 0 Å². The van der Waals surface area contributed by atoms with Crippen molar-refractivity contribution in [3.63, 3.8) is 0 Å². The molecule has 2 fully saturated rings. The summed E-state index contributed by atoms with van der Waals surface area (Å²) in [6.45, 7) is 5.09. The van der Waals surface area contributed by atoms with Crippen molar-refractivity contribution < 1.29 is 9.59 Å². The van der Waals surface area contributed by atoms with Crippen LogP contribution in [-0.2, 0) is 16.0 Å². The fourth-order valence-electron chi connectivity index (χ4n) is 3.63. The summed E-state index contributed by atoms with van der Waals surface area (Å²) in [5.74, 6) is 0.159. The number of aromatic nitrogens is 1. The van der Waals surface area contributed by atoms with Crippen LogP contribution in [0, 0.1) is 5.92 Å². The summed E-state index contributed by atoms with van der Waals surface area (Å²) in [6.07, 6.45) is 6.16. The minimum Gasteiger partial charge on any atom is -0.355 e. The Morgan fingerprint density at radius 3 is 2.84 bits per heavy atom. The molecular formula is C19H28N4O2. The van der Waals surface area contributed by atoms with Gasteiger partial charge in [-0.05, 0) is 44.5 Å². The van der Waals surface area contributed by atoms with E-state index in [0.717, 1.165) is 31.7 Å². The lowest BCUT2D eigenvalue weighted by Crippen LogP contribution is -2.47. The Morgan fingerprint density at radius 2 is 2.08 bits per heavy atom. The standard InChI is InChI=1S/C19H28N4O2/c24-18-7-6-16(19(25)21-10-14-22-11-3-4-12-22)15-23(18)13-8-17-5-1-2-9-20-17/h1-2,5,9,16H,3-4,6-8,10-15H2,(H,21,25)/t16-/m1/s1. The maximum atomic E-state index is 12.4. The molecule has 1 N–H and O–H groups in total. The molecule has 2 aliphatic rings. The summed E-state index contributed by atoms with van der Waals surface area (Å²) in [5, 5.41) is 3.06. The van der Waals surface area contributed by atoms with Gasteiger partial charge in [0.05, 0.1) is 5.92 Å². The van der Waals surface area contributed by atoms with Gasteiger partial charge in [-0.3, -0.25) is 14.6 Å². The first-order valence-corrected chi connectivity index (χ1v) is 9.40. The predicted octanol–water partition coefficient (Wildman–Crippen LogP) is 1.07. The van der Waals surface area contributed by atoms with E-state index in [4.69, 9.17) is 0 Å². The van der Waals surface area contributed by atoms with Crippen molar-refractivity contribution in [3.05, 3.63) is 30.1 Å². The molecule has 0 bridgehead atoms. The lowest BCUT2D eigenvalue weighted by molar-refractivity contribution is -0.138. The number of pyridine rings is 1. The van der Waals surface area contributed by atoms with Crippen molar-refractivity contribution in [2.75, 3.05) is 39.3 Å². The van der Waals surface area contributed by atoms with Gasteiger partial charge in [-0.25, -0.2) is 0 Å². The molecule has 3 rings (SSSR count). The Labute approximate surface area is 149 Å². The molecule has 1 aromatic heterocycles. The quantitative estimate of drug-likeness (QED) is 0.804. The van der Waals surface area contributed by atoms with Crippen molar-refractivity contribution in [2.24, 2.45) is 5.92 Å². The topological polar surface area (TPSA) is 65.5 Å². The lowest BCUT2D eigenvalue weighted by atomic mass is 9.96. The van der Waals surface area contributed by atoms with Crippen LogP contribution in [0.1, 0.15) is 31.4 Å². The van der Waals surface area contributed by atoms with E-state index < -0.39 is 0 Å². The molecule has 0 aliphatic carbocycles. The van der Waals surface area contributed by atoms with Gasteiger partial charge in [0.1, 0.15) is 0 Å². The molecule has 6 heteroatoms. The van der Waals surface area contributed by atoms with Gasteiger partial charge in [0, 0.05) is 50.9 Å². The minimum absolute atomic E-state index is 0.0833. The first kappa shape index (κ1) is 17.9. The highest BCUT2D eigenvalue weighted by Crippen LogP contribution is 2.18. The van der Waals surface area contributed by atoms with Crippen molar-refractivity contribution >= 4 is 11.8 Å². The second-order valence-electron chi connectivity index (χ2n) is 6.99. The average molecular weight is 344 g/mol. The first-order valence-electron chi connectivity index (χ1n) is 9.40. The molecule has 0 radical (unpaired) electrons. The van der Waals surface area contributed by atoms with E-state index in [-0.39, 0.29) is 17.7 Å². The normalized spacial score (nSPS) is 21.5. The summed E-state index contributed by atoms with van der Waals surface area (Å²) in [7, 11) is 0. The molecule has 0 spiro atoms. The molecule has 0 aromatic carbocycles. The third kappa shape index (κ3) is 5.26. The van der Waals surface area contributed by atoms with E-state index in [9.17, 15) is 9.59 Å². The monoisotopic (exact) mass is 344 g/mol. The van der Waals surface area contributed by atoms with E-state index in [2.05, 4.69) is 15.2 Å². The molecule has 2 aliphatic heterocycles. The third-order valence-corrected chi connectivity index (χ3v) is 5.16. The van der Waals surface area contributed by atoms with E-state index >= 15 is 0 Å². The van der Waals surface area contributed by atoms with Gasteiger partial charge in [-0.15, -0.1) is 0 Å². The van der Waals surface area contributed by atoms with Gasteiger partial charge < -0.3 is 15.1 Å². The van der Waals surface area contributed by atoms with Crippen LogP contribution in [0.15, 0.2) is 24.4 Å². The number of nitrogens with zero attached hydrogens (tertiary/aromatic N) is 3. The van der Waals surface area contributed by atoms with E-state index in [1.165, 1.54) is 12.8 Å². The Morgan fingerprint density at radius 1 is 1.24 bits per heavy atom. The van der Waals surface area contributed by atoms with E-state index in [1.807, 2.05) is 23.1 Å². The number of nitrogens with one attached hydrogen (secondary N) is 1. The highest BCUT2D eigenvalue weighted by atomic mass is 16.2. The Hall–Kier alpha value is -1.95. The van der Waals surface area contributed by atoms with Crippen molar-refractivity contribution in [1.82, 2.24) is 20.1 Å². The molecule has 0 unspecified atom stereocenters. The summed E-state index contributed by atoms with van der Waals surface area (Å²) >= 11 is 0. The first-order chi connectivity index (χ1) is 12.2. The molecular weight excluding hydrogens is 316 g/mol. The third-order valence-electron chi connectivity index (χ3n) is 5.16. The van der Waals surface area contributed by atoms with Crippen LogP contribution < -0.4 is 5.32 Å². The van der Waals surface area contributed by atoms with Crippen LogP contribution in [-0.4, -0.2) is 65.9 Å². The largest absolute Gasteiger partial charge is 0.355 e. The summed E-state index contributed by atoms with van der Waals surface area (Å²) < 4.78 is 0. The van der Waals surface area contributed by atoms with Crippen molar-refractivity contribution in [3.8, 4) is 0 Å². The van der Waals surface area contributed by atoms with Crippen LogP contribution in [0.4, 0.5) is 0 Å². The highest BCUT2D eigenvalue weighted by Gasteiger charge is 2.29. The number of hydrogen-bond acceptors (Lipinski definition) is 4. The highest BCUT2D eigenvalue weighted by molar-refractivity contribution is 5.83. The number of rotatable bonds is 7. The molecule has 25 heavy (non-hydrogen) atoms. The zero-order valence-corrected chi connectivity index (χ0v) is 14.8. The number of carbonyl (C=O) groups excluding carboxylic acids is 2. The molecule has 136 valence electrons. The molecule has 2 amide bonds. The number of carbonyl (C=O) groups is 2. The average Bonchev–Trinajstić information content (AvgIpc) is 3.15. The smallest absolute Gasteiger partial charge is 0.224 e. The number of likely N-dealkylation sites (tertiary alicyclic amines) is 2.